The predicted molar refractivity (Wildman–Crippen MR) is 34.1 cm³/mol. The Balaban J connectivity index is 3.03. The molecule has 0 unspecified atom stereocenters. The van der Waals surface area contributed by atoms with Crippen molar-refractivity contribution < 1.29 is 4.79 Å². The lowest BCUT2D eigenvalue weighted by molar-refractivity contribution is 0.0990. The molecule has 0 aromatic carbocycles. The Bertz CT molecular complexity index is 310. The van der Waals surface area contributed by atoms with Crippen LogP contribution in [0.25, 0.3) is 0 Å². The Morgan fingerprint density at radius 1 is 1.82 bits per heavy atom. The fourth-order valence-electron chi connectivity index (χ4n) is 0.469. The van der Waals surface area contributed by atoms with Crippen LogP contribution in [0.4, 0.5) is 0 Å². The summed E-state index contributed by atoms with van der Waals surface area (Å²) in [5.41, 5.74) is 5.01. The minimum atomic E-state index is -0.731. The highest BCUT2D eigenvalue weighted by molar-refractivity contribution is 5.88. The number of nitriles is 1. The van der Waals surface area contributed by atoms with Gasteiger partial charge in [-0.2, -0.15) is 5.26 Å². The molecule has 11 heavy (non-hydrogen) atoms. The molecule has 0 saturated heterocycles. The molecule has 53 valence electrons. The summed E-state index contributed by atoms with van der Waals surface area (Å²) >= 11 is 0. The van der Waals surface area contributed by atoms with E-state index >= 15 is 0 Å². The smallest absolute Gasteiger partial charge is 0.286 e. The summed E-state index contributed by atoms with van der Waals surface area (Å²) in [6.07, 6.45) is 3.48. The Labute approximate surface area is 62.5 Å². The van der Waals surface area contributed by atoms with Crippen LogP contribution in [0, 0.1) is 17.5 Å². The lowest BCUT2D eigenvalue weighted by Crippen LogP contribution is -2.14. The minimum absolute atomic E-state index is 0.135. The van der Waals surface area contributed by atoms with Gasteiger partial charge in [-0.05, 0) is 0 Å². The van der Waals surface area contributed by atoms with Crippen molar-refractivity contribution in [2.45, 2.75) is 0 Å². The molecule has 5 heteroatoms. The highest BCUT2D eigenvalue weighted by Crippen LogP contribution is 1.90. The van der Waals surface area contributed by atoms with E-state index < -0.39 is 5.91 Å². The Morgan fingerprint density at radius 2 is 2.55 bits per heavy atom. The number of nitrogens with zero attached hydrogens (tertiary/aromatic N) is 3. The van der Waals surface area contributed by atoms with Crippen molar-refractivity contribution in [2.24, 2.45) is 5.73 Å². The first kappa shape index (κ1) is 7.15. The van der Waals surface area contributed by atoms with Crippen LogP contribution in [-0.2, 0) is 0 Å². The van der Waals surface area contributed by atoms with Crippen molar-refractivity contribution in [3.8, 4) is 6.07 Å². The molecule has 5 nitrogen and oxygen atoms in total. The van der Waals surface area contributed by atoms with Gasteiger partial charge in [0.05, 0.1) is 5.56 Å². The van der Waals surface area contributed by atoms with Gasteiger partial charge in [0.2, 0.25) is 5.82 Å². The Morgan fingerprint density at radius 3 is 2.91 bits per heavy atom. The molecule has 0 saturated carbocycles. The molecule has 0 aliphatic rings. The van der Waals surface area contributed by atoms with Crippen LogP contribution < -0.4 is 5.73 Å². The molecule has 1 aromatic heterocycles. The second-order valence-electron chi connectivity index (χ2n) is 1.70. The maximum absolute atomic E-state index is 10.4. The van der Waals surface area contributed by atoms with E-state index in [-0.39, 0.29) is 11.4 Å². The van der Waals surface area contributed by atoms with Gasteiger partial charge in [0, 0.05) is 6.20 Å². The predicted octanol–water partition coefficient (Wildman–Crippen LogP) is -0.753. The first-order valence-corrected chi connectivity index (χ1v) is 2.68. The fraction of sp³-hybridized carbons (Fsp3) is 0. The van der Waals surface area contributed by atoms with E-state index in [2.05, 4.69) is 16.2 Å². The number of amides is 1. The molecule has 0 aliphatic carbocycles. The third-order valence-corrected chi connectivity index (χ3v) is 0.939. The van der Waals surface area contributed by atoms with Gasteiger partial charge in [-0.3, -0.25) is 4.79 Å². The van der Waals surface area contributed by atoms with Crippen molar-refractivity contribution >= 4 is 5.91 Å². The number of carbonyl (C=O) groups excluding carboxylic acids is 1. The number of nitrogens with two attached hydrogens (primary N) is 1. The summed E-state index contributed by atoms with van der Waals surface area (Å²) in [5.74, 6) is -0.866. The maximum atomic E-state index is 10.4. The van der Waals surface area contributed by atoms with Gasteiger partial charge in [0.25, 0.3) is 5.91 Å². The SMILES string of the molecule is N#Cc1[c]nc(C(N)=O)nc1. The van der Waals surface area contributed by atoms with E-state index in [1.807, 2.05) is 0 Å². The van der Waals surface area contributed by atoms with Gasteiger partial charge in [-0.1, -0.05) is 0 Å². The average Bonchev–Trinajstić information content (AvgIpc) is 2.05. The summed E-state index contributed by atoms with van der Waals surface area (Å²) in [6.45, 7) is 0. The summed E-state index contributed by atoms with van der Waals surface area (Å²) in [7, 11) is 0. The zero-order valence-electron chi connectivity index (χ0n) is 5.40. The zero-order valence-corrected chi connectivity index (χ0v) is 5.40. The first-order valence-electron chi connectivity index (χ1n) is 2.68. The molecule has 1 aromatic rings. The monoisotopic (exact) mass is 147 g/mol. The normalized spacial score (nSPS) is 8.64. The topological polar surface area (TPSA) is 92.7 Å². The van der Waals surface area contributed by atoms with Crippen LogP contribution in [0.15, 0.2) is 6.20 Å². The number of hydrogen-bond acceptors (Lipinski definition) is 4. The third kappa shape index (κ3) is 1.49. The molecule has 1 radical (unpaired) electrons. The quantitative estimate of drug-likeness (QED) is 0.565. The second-order valence-corrected chi connectivity index (χ2v) is 1.70. The molecular formula is C6H3N4O. The van der Waals surface area contributed by atoms with Crippen LogP contribution in [0.1, 0.15) is 16.2 Å². The molecule has 0 spiro atoms. The van der Waals surface area contributed by atoms with Crippen molar-refractivity contribution in [1.82, 2.24) is 9.97 Å². The molecular weight excluding hydrogens is 144 g/mol. The molecule has 0 bridgehead atoms. The van der Waals surface area contributed by atoms with Crippen LogP contribution in [0.2, 0.25) is 0 Å². The number of aromatic nitrogens is 2. The Kier molecular flexibility index (Phi) is 1.79. The summed E-state index contributed by atoms with van der Waals surface area (Å²) < 4.78 is 0. The van der Waals surface area contributed by atoms with Gasteiger partial charge >= 0.3 is 0 Å². The van der Waals surface area contributed by atoms with Crippen molar-refractivity contribution in [3.05, 3.63) is 23.8 Å². The number of rotatable bonds is 1. The van der Waals surface area contributed by atoms with E-state index in [0.717, 1.165) is 0 Å². The summed E-state index contributed by atoms with van der Waals surface area (Å²) in [5, 5.41) is 8.29. The highest BCUT2D eigenvalue weighted by atomic mass is 16.1. The lowest BCUT2D eigenvalue weighted by Gasteiger charge is -1.89. The third-order valence-electron chi connectivity index (χ3n) is 0.939. The Hall–Kier alpha value is -1.96. The van der Waals surface area contributed by atoms with Gasteiger partial charge in [-0.25, -0.2) is 9.97 Å². The van der Waals surface area contributed by atoms with Gasteiger partial charge in [-0.15, -0.1) is 0 Å². The highest BCUT2D eigenvalue weighted by Gasteiger charge is 2.02. The van der Waals surface area contributed by atoms with Gasteiger partial charge in [0.1, 0.15) is 12.3 Å². The van der Waals surface area contributed by atoms with Crippen LogP contribution in [-0.4, -0.2) is 15.9 Å². The zero-order chi connectivity index (χ0) is 8.27. The molecule has 1 rings (SSSR count). The van der Waals surface area contributed by atoms with Gasteiger partial charge in [0.15, 0.2) is 0 Å². The number of carbonyl (C=O) groups is 1. The molecule has 1 heterocycles. The first-order chi connectivity index (χ1) is 5.24. The summed E-state index contributed by atoms with van der Waals surface area (Å²) in [4.78, 5) is 17.3. The van der Waals surface area contributed by atoms with E-state index in [1.54, 1.807) is 6.07 Å². The standard InChI is InChI=1S/C6H3N4O/c7-1-4-2-9-6(5(8)11)10-3-4/h2H,(H2,8,11). The molecule has 0 fully saturated rings. The molecule has 0 aliphatic heterocycles. The van der Waals surface area contributed by atoms with Crippen molar-refractivity contribution in [1.29, 1.82) is 5.26 Å². The summed E-state index contributed by atoms with van der Waals surface area (Å²) in [6, 6.07) is 1.76. The van der Waals surface area contributed by atoms with Crippen molar-refractivity contribution in [3.63, 3.8) is 0 Å². The van der Waals surface area contributed by atoms with Crippen LogP contribution in [0.3, 0.4) is 0 Å². The largest absolute Gasteiger partial charge is 0.363 e. The van der Waals surface area contributed by atoms with Crippen molar-refractivity contribution in [2.75, 3.05) is 0 Å². The second kappa shape index (κ2) is 2.75. The minimum Gasteiger partial charge on any atom is -0.363 e. The molecule has 1 amide bonds. The van der Waals surface area contributed by atoms with E-state index in [4.69, 9.17) is 11.0 Å². The van der Waals surface area contributed by atoms with E-state index in [0.29, 0.717) is 0 Å². The maximum Gasteiger partial charge on any atom is 0.286 e. The van der Waals surface area contributed by atoms with Crippen LogP contribution >= 0.6 is 0 Å². The number of primary amides is 1. The van der Waals surface area contributed by atoms with Gasteiger partial charge < -0.3 is 5.73 Å². The fourth-order valence-corrected chi connectivity index (χ4v) is 0.469. The molecule has 2 N–H and O–H groups in total. The van der Waals surface area contributed by atoms with E-state index in [9.17, 15) is 4.79 Å². The lowest BCUT2D eigenvalue weighted by atomic mass is 10.4. The molecule has 0 atom stereocenters. The van der Waals surface area contributed by atoms with E-state index in [1.165, 1.54) is 6.20 Å². The van der Waals surface area contributed by atoms with Crippen LogP contribution in [0.5, 0.6) is 0 Å². The number of hydrogen-bond donors (Lipinski definition) is 1. The average molecular weight is 147 g/mol.